The van der Waals surface area contributed by atoms with E-state index < -0.39 is 5.82 Å². The third-order valence-electron chi connectivity index (χ3n) is 2.64. The first-order valence-electron chi connectivity index (χ1n) is 6.46. The molecule has 106 valence electrons. The molecule has 2 N–H and O–H groups in total. The molecule has 0 aliphatic carbocycles. The zero-order chi connectivity index (χ0) is 14.5. The Bertz CT molecular complexity index is 604. The number of hydrogen-bond acceptors (Lipinski definition) is 4. The van der Waals surface area contributed by atoms with Crippen LogP contribution < -0.4 is 10.6 Å². The first-order chi connectivity index (χ1) is 9.62. The molecule has 6 heteroatoms. The molecule has 0 aliphatic rings. The van der Waals surface area contributed by atoms with Crippen LogP contribution in [0.3, 0.4) is 0 Å². The lowest BCUT2D eigenvalue weighted by atomic mass is 10.3. The molecular formula is C14H16ClFN4. The number of benzene rings is 1. The Morgan fingerprint density at radius 3 is 2.55 bits per heavy atom. The summed E-state index contributed by atoms with van der Waals surface area (Å²) in [6.07, 6.45) is 0.705. The van der Waals surface area contributed by atoms with E-state index in [0.29, 0.717) is 28.8 Å². The first kappa shape index (κ1) is 14.5. The van der Waals surface area contributed by atoms with Gasteiger partial charge in [0.05, 0.1) is 5.69 Å². The van der Waals surface area contributed by atoms with Gasteiger partial charge in [-0.1, -0.05) is 18.5 Å². The highest BCUT2D eigenvalue weighted by molar-refractivity contribution is 6.30. The van der Waals surface area contributed by atoms with E-state index in [4.69, 9.17) is 11.6 Å². The van der Waals surface area contributed by atoms with Crippen molar-refractivity contribution in [1.82, 2.24) is 9.97 Å². The summed E-state index contributed by atoms with van der Waals surface area (Å²) in [6, 6.07) is 6.21. The molecule has 2 aromatic rings. The Balaban J connectivity index is 2.29. The van der Waals surface area contributed by atoms with Gasteiger partial charge in [-0.25, -0.2) is 14.4 Å². The van der Waals surface area contributed by atoms with Gasteiger partial charge in [0.25, 0.3) is 0 Å². The Labute approximate surface area is 122 Å². The van der Waals surface area contributed by atoms with Crippen LogP contribution >= 0.6 is 11.6 Å². The van der Waals surface area contributed by atoms with E-state index in [1.807, 2.05) is 13.8 Å². The fourth-order valence-corrected chi connectivity index (χ4v) is 1.88. The molecule has 0 atom stereocenters. The molecule has 0 spiro atoms. The molecular weight excluding hydrogens is 279 g/mol. The number of hydrogen-bond donors (Lipinski definition) is 2. The van der Waals surface area contributed by atoms with Crippen molar-refractivity contribution >= 4 is 28.9 Å². The van der Waals surface area contributed by atoms with E-state index in [2.05, 4.69) is 20.6 Å². The standard InChI is InChI=1S/C14H16ClFN4/c1-3-12-19-13(17-4-2)8-14(20-12)18-11-6-5-9(15)7-10(11)16/h5-8H,3-4H2,1-2H3,(H2,17,18,19,20). The number of rotatable bonds is 5. The fraction of sp³-hybridized carbons (Fsp3) is 0.286. The molecule has 0 unspecified atom stereocenters. The first-order valence-corrected chi connectivity index (χ1v) is 6.84. The second kappa shape index (κ2) is 6.52. The van der Waals surface area contributed by atoms with Crippen LogP contribution in [0.4, 0.5) is 21.7 Å². The van der Waals surface area contributed by atoms with Crippen LogP contribution in [-0.4, -0.2) is 16.5 Å². The van der Waals surface area contributed by atoms with Crippen LogP contribution in [0.15, 0.2) is 24.3 Å². The molecule has 20 heavy (non-hydrogen) atoms. The van der Waals surface area contributed by atoms with Gasteiger partial charge < -0.3 is 10.6 Å². The Hall–Kier alpha value is -1.88. The summed E-state index contributed by atoms with van der Waals surface area (Å²) in [5.74, 6) is 1.55. The maximum atomic E-state index is 13.8. The second-order valence-corrected chi connectivity index (χ2v) is 4.62. The lowest BCUT2D eigenvalue weighted by Gasteiger charge is -2.10. The van der Waals surface area contributed by atoms with Gasteiger partial charge in [-0.15, -0.1) is 0 Å². The van der Waals surface area contributed by atoms with Gasteiger partial charge in [-0.05, 0) is 25.1 Å². The number of nitrogens with zero attached hydrogens (tertiary/aromatic N) is 2. The molecule has 0 aliphatic heterocycles. The molecule has 1 aromatic carbocycles. The molecule has 2 rings (SSSR count). The molecule has 0 bridgehead atoms. The number of aromatic nitrogens is 2. The molecule has 0 fully saturated rings. The van der Waals surface area contributed by atoms with E-state index in [0.717, 1.165) is 12.4 Å². The highest BCUT2D eigenvalue weighted by Crippen LogP contribution is 2.23. The zero-order valence-corrected chi connectivity index (χ0v) is 12.1. The van der Waals surface area contributed by atoms with E-state index in [9.17, 15) is 4.39 Å². The maximum absolute atomic E-state index is 13.8. The van der Waals surface area contributed by atoms with Crippen LogP contribution in [0.25, 0.3) is 0 Å². The molecule has 0 saturated carbocycles. The van der Waals surface area contributed by atoms with Crippen molar-refractivity contribution in [2.24, 2.45) is 0 Å². The van der Waals surface area contributed by atoms with Crippen molar-refractivity contribution in [3.63, 3.8) is 0 Å². The molecule has 4 nitrogen and oxygen atoms in total. The summed E-state index contributed by atoms with van der Waals surface area (Å²) in [7, 11) is 0. The molecule has 0 amide bonds. The number of halogens is 2. The average Bonchev–Trinajstić information content (AvgIpc) is 2.42. The van der Waals surface area contributed by atoms with Crippen LogP contribution in [0.1, 0.15) is 19.7 Å². The predicted octanol–water partition coefficient (Wildman–Crippen LogP) is 4.01. The quantitative estimate of drug-likeness (QED) is 0.875. The van der Waals surface area contributed by atoms with E-state index in [1.54, 1.807) is 18.2 Å². The second-order valence-electron chi connectivity index (χ2n) is 4.19. The minimum absolute atomic E-state index is 0.331. The normalized spacial score (nSPS) is 10.4. The SMILES string of the molecule is CCNc1cc(Nc2ccc(Cl)cc2F)nc(CC)n1. The van der Waals surface area contributed by atoms with Crippen molar-refractivity contribution in [3.8, 4) is 0 Å². The van der Waals surface area contributed by atoms with E-state index >= 15 is 0 Å². The lowest BCUT2D eigenvalue weighted by Crippen LogP contribution is -2.06. The number of aryl methyl sites for hydroxylation is 1. The number of anilines is 3. The van der Waals surface area contributed by atoms with Gasteiger partial charge in [-0.2, -0.15) is 0 Å². The van der Waals surface area contributed by atoms with Gasteiger partial charge in [0.15, 0.2) is 0 Å². The fourth-order valence-electron chi connectivity index (χ4n) is 1.72. The summed E-state index contributed by atoms with van der Waals surface area (Å²) >= 11 is 5.73. The lowest BCUT2D eigenvalue weighted by molar-refractivity contribution is 0.632. The van der Waals surface area contributed by atoms with Crippen LogP contribution in [0.2, 0.25) is 5.02 Å². The summed E-state index contributed by atoms with van der Waals surface area (Å²) < 4.78 is 13.8. The largest absolute Gasteiger partial charge is 0.370 e. The monoisotopic (exact) mass is 294 g/mol. The van der Waals surface area contributed by atoms with Gasteiger partial charge in [-0.3, -0.25) is 0 Å². The van der Waals surface area contributed by atoms with E-state index in [-0.39, 0.29) is 0 Å². The van der Waals surface area contributed by atoms with Gasteiger partial charge in [0.2, 0.25) is 0 Å². The molecule has 0 radical (unpaired) electrons. The predicted molar refractivity (Wildman–Crippen MR) is 80.3 cm³/mol. The summed E-state index contributed by atoms with van der Waals surface area (Å²) in [5.41, 5.74) is 0.331. The minimum atomic E-state index is -0.417. The smallest absolute Gasteiger partial charge is 0.148 e. The maximum Gasteiger partial charge on any atom is 0.148 e. The highest BCUT2D eigenvalue weighted by atomic mass is 35.5. The summed E-state index contributed by atoms with van der Waals surface area (Å²) in [4.78, 5) is 8.67. The summed E-state index contributed by atoms with van der Waals surface area (Å²) in [5, 5.41) is 6.43. The Morgan fingerprint density at radius 1 is 1.15 bits per heavy atom. The Morgan fingerprint density at radius 2 is 1.90 bits per heavy atom. The van der Waals surface area contributed by atoms with Gasteiger partial charge in [0, 0.05) is 24.1 Å². The van der Waals surface area contributed by atoms with Crippen LogP contribution in [0, 0.1) is 5.82 Å². The van der Waals surface area contributed by atoms with Gasteiger partial charge >= 0.3 is 0 Å². The zero-order valence-electron chi connectivity index (χ0n) is 11.4. The number of nitrogens with one attached hydrogen (secondary N) is 2. The topological polar surface area (TPSA) is 49.8 Å². The molecule has 0 saturated heterocycles. The molecule has 1 heterocycles. The molecule has 1 aromatic heterocycles. The third kappa shape index (κ3) is 3.57. The van der Waals surface area contributed by atoms with Crippen LogP contribution in [0.5, 0.6) is 0 Å². The van der Waals surface area contributed by atoms with Gasteiger partial charge in [0.1, 0.15) is 23.3 Å². The van der Waals surface area contributed by atoms with Crippen LogP contribution in [-0.2, 0) is 6.42 Å². The minimum Gasteiger partial charge on any atom is -0.370 e. The van der Waals surface area contributed by atoms with E-state index in [1.165, 1.54) is 6.07 Å². The van der Waals surface area contributed by atoms with Crippen molar-refractivity contribution in [1.29, 1.82) is 0 Å². The highest BCUT2D eigenvalue weighted by Gasteiger charge is 2.07. The average molecular weight is 295 g/mol. The Kier molecular flexibility index (Phi) is 4.74. The van der Waals surface area contributed by atoms with Crippen molar-refractivity contribution in [2.45, 2.75) is 20.3 Å². The summed E-state index contributed by atoms with van der Waals surface area (Å²) in [6.45, 7) is 4.71. The van der Waals surface area contributed by atoms with Crippen molar-refractivity contribution < 1.29 is 4.39 Å². The van der Waals surface area contributed by atoms with Crippen molar-refractivity contribution in [3.05, 3.63) is 40.9 Å². The third-order valence-corrected chi connectivity index (χ3v) is 2.88. The van der Waals surface area contributed by atoms with Crippen molar-refractivity contribution in [2.75, 3.05) is 17.2 Å².